The minimum absolute atomic E-state index is 0.143. The summed E-state index contributed by atoms with van der Waals surface area (Å²) < 4.78 is 0. The van der Waals surface area contributed by atoms with Crippen LogP contribution in [0.4, 0.5) is 5.69 Å². The Bertz CT molecular complexity index is 718. The second kappa shape index (κ2) is 9.52. The number of benzene rings is 2. The van der Waals surface area contributed by atoms with Crippen molar-refractivity contribution in [3.63, 3.8) is 0 Å². The fourth-order valence-corrected chi connectivity index (χ4v) is 3.63. The van der Waals surface area contributed by atoms with E-state index in [0.29, 0.717) is 0 Å². The third kappa shape index (κ3) is 5.17. The number of para-hydroxylation sites is 1. The van der Waals surface area contributed by atoms with Crippen molar-refractivity contribution >= 4 is 11.9 Å². The molecule has 1 unspecified atom stereocenters. The van der Waals surface area contributed by atoms with Crippen LogP contribution >= 0.6 is 0 Å². The number of hydrogen-bond donors (Lipinski definition) is 0. The van der Waals surface area contributed by atoms with Gasteiger partial charge in [0.05, 0.1) is 5.69 Å². The standard InChI is InChI=1S/C25H33N/c1-6-12-21-14-11-15-22(13-7-2)24(21)26-19-25(5,18-20(3)4)23-16-9-8-10-17-23/h8-11,14-17,19H,3,6-7,12-13,18H2,1-2,4-5H3/b26-19+. The molecular formula is C25H33N. The van der Waals surface area contributed by atoms with Crippen molar-refractivity contribution in [1.82, 2.24) is 0 Å². The molecule has 2 rings (SSSR count). The largest absolute Gasteiger partial charge is 0.260 e. The Morgan fingerprint density at radius 3 is 2.04 bits per heavy atom. The minimum atomic E-state index is -0.143. The summed E-state index contributed by atoms with van der Waals surface area (Å²) in [4.78, 5) is 5.08. The maximum absolute atomic E-state index is 5.08. The van der Waals surface area contributed by atoms with Crippen molar-refractivity contribution in [3.8, 4) is 0 Å². The van der Waals surface area contributed by atoms with Crippen molar-refractivity contribution in [2.75, 3.05) is 0 Å². The van der Waals surface area contributed by atoms with Crippen LogP contribution in [-0.2, 0) is 18.3 Å². The zero-order chi connectivity index (χ0) is 19.0. The number of aryl methyl sites for hydroxylation is 2. The first kappa shape index (κ1) is 20.2. The Labute approximate surface area is 159 Å². The Hall–Kier alpha value is -2.15. The lowest BCUT2D eigenvalue weighted by molar-refractivity contribution is 0.643. The summed E-state index contributed by atoms with van der Waals surface area (Å²) >= 11 is 0. The Morgan fingerprint density at radius 2 is 1.54 bits per heavy atom. The highest BCUT2D eigenvalue weighted by Crippen LogP contribution is 2.32. The molecule has 0 N–H and O–H groups in total. The molecule has 0 aliphatic carbocycles. The van der Waals surface area contributed by atoms with Crippen molar-refractivity contribution in [1.29, 1.82) is 0 Å². The molecular weight excluding hydrogens is 314 g/mol. The summed E-state index contributed by atoms with van der Waals surface area (Å²) in [7, 11) is 0. The summed E-state index contributed by atoms with van der Waals surface area (Å²) in [5.41, 5.74) is 6.23. The zero-order valence-electron chi connectivity index (χ0n) is 16.9. The molecule has 1 atom stereocenters. The quantitative estimate of drug-likeness (QED) is 0.335. The van der Waals surface area contributed by atoms with Gasteiger partial charge in [0.15, 0.2) is 0 Å². The average molecular weight is 348 g/mol. The van der Waals surface area contributed by atoms with E-state index in [1.807, 2.05) is 0 Å². The molecule has 0 spiro atoms. The van der Waals surface area contributed by atoms with E-state index in [9.17, 15) is 0 Å². The number of hydrogen-bond acceptors (Lipinski definition) is 1. The molecule has 26 heavy (non-hydrogen) atoms. The molecule has 2 aromatic rings. The summed E-state index contributed by atoms with van der Waals surface area (Å²) in [5.74, 6) is 0. The van der Waals surface area contributed by atoms with Gasteiger partial charge in [0.1, 0.15) is 0 Å². The van der Waals surface area contributed by atoms with Gasteiger partial charge >= 0.3 is 0 Å². The number of allylic oxidation sites excluding steroid dienone is 1. The smallest absolute Gasteiger partial charge is 0.0689 e. The fourth-order valence-electron chi connectivity index (χ4n) is 3.63. The van der Waals surface area contributed by atoms with E-state index in [1.165, 1.54) is 28.0 Å². The minimum Gasteiger partial charge on any atom is -0.260 e. The molecule has 2 aromatic carbocycles. The van der Waals surface area contributed by atoms with Gasteiger partial charge < -0.3 is 0 Å². The predicted octanol–water partition coefficient (Wildman–Crippen LogP) is 7.22. The highest BCUT2D eigenvalue weighted by atomic mass is 14.7. The summed E-state index contributed by atoms with van der Waals surface area (Å²) in [6.45, 7) is 13.0. The predicted molar refractivity (Wildman–Crippen MR) is 116 cm³/mol. The molecule has 0 bridgehead atoms. The monoisotopic (exact) mass is 347 g/mol. The van der Waals surface area contributed by atoms with E-state index in [0.717, 1.165) is 32.1 Å². The van der Waals surface area contributed by atoms with E-state index in [1.54, 1.807) is 0 Å². The van der Waals surface area contributed by atoms with Crippen molar-refractivity contribution < 1.29 is 0 Å². The van der Waals surface area contributed by atoms with Crippen molar-refractivity contribution in [2.24, 2.45) is 4.99 Å². The molecule has 0 aliphatic rings. The van der Waals surface area contributed by atoms with Gasteiger partial charge in [-0.05, 0) is 42.9 Å². The van der Waals surface area contributed by atoms with Gasteiger partial charge in [-0.3, -0.25) is 4.99 Å². The van der Waals surface area contributed by atoms with E-state index < -0.39 is 0 Å². The molecule has 0 saturated heterocycles. The molecule has 0 aromatic heterocycles. The number of aliphatic imine (C=N–C) groups is 1. The maximum Gasteiger partial charge on any atom is 0.0689 e. The van der Waals surface area contributed by atoms with Crippen LogP contribution in [0, 0.1) is 0 Å². The molecule has 0 heterocycles. The Kier molecular flexibility index (Phi) is 7.38. The highest BCUT2D eigenvalue weighted by Gasteiger charge is 2.24. The fraction of sp³-hybridized carbons (Fsp3) is 0.400. The summed E-state index contributed by atoms with van der Waals surface area (Å²) in [6.07, 6.45) is 7.49. The van der Waals surface area contributed by atoms with Crippen LogP contribution in [0.25, 0.3) is 0 Å². The van der Waals surface area contributed by atoms with Crippen LogP contribution in [0.15, 0.2) is 65.7 Å². The molecule has 0 saturated carbocycles. The molecule has 0 fully saturated rings. The van der Waals surface area contributed by atoms with Crippen LogP contribution in [0.3, 0.4) is 0 Å². The first-order chi connectivity index (χ1) is 12.5. The van der Waals surface area contributed by atoms with Crippen molar-refractivity contribution in [3.05, 3.63) is 77.4 Å². The third-order valence-electron chi connectivity index (χ3n) is 4.82. The average Bonchev–Trinajstić information content (AvgIpc) is 2.62. The Morgan fingerprint density at radius 1 is 0.962 bits per heavy atom. The van der Waals surface area contributed by atoms with Crippen LogP contribution in [0.1, 0.15) is 63.6 Å². The lowest BCUT2D eigenvalue weighted by Crippen LogP contribution is -2.24. The second-order valence-electron chi connectivity index (χ2n) is 7.60. The van der Waals surface area contributed by atoms with Gasteiger partial charge in [-0.2, -0.15) is 0 Å². The molecule has 1 nitrogen and oxygen atoms in total. The molecule has 138 valence electrons. The van der Waals surface area contributed by atoms with Crippen LogP contribution in [0.2, 0.25) is 0 Å². The van der Waals surface area contributed by atoms with E-state index in [2.05, 4.69) is 89.0 Å². The van der Waals surface area contributed by atoms with Gasteiger partial charge in [0.25, 0.3) is 0 Å². The van der Waals surface area contributed by atoms with Gasteiger partial charge in [0.2, 0.25) is 0 Å². The SMILES string of the molecule is C=C(C)CC(C)(/C=N/c1c(CCC)cccc1CCC)c1ccccc1. The van der Waals surface area contributed by atoms with Crippen LogP contribution in [0.5, 0.6) is 0 Å². The lowest BCUT2D eigenvalue weighted by Gasteiger charge is -2.26. The van der Waals surface area contributed by atoms with E-state index >= 15 is 0 Å². The van der Waals surface area contributed by atoms with Gasteiger partial charge in [-0.25, -0.2) is 0 Å². The van der Waals surface area contributed by atoms with Crippen LogP contribution in [-0.4, -0.2) is 6.21 Å². The number of rotatable bonds is 9. The van der Waals surface area contributed by atoms with E-state index in [4.69, 9.17) is 4.99 Å². The van der Waals surface area contributed by atoms with Crippen molar-refractivity contribution in [2.45, 2.75) is 65.2 Å². The normalized spacial score (nSPS) is 13.7. The molecule has 0 aliphatic heterocycles. The summed E-state index contributed by atoms with van der Waals surface area (Å²) in [6, 6.07) is 17.3. The highest BCUT2D eigenvalue weighted by molar-refractivity contribution is 5.77. The lowest BCUT2D eigenvalue weighted by atomic mass is 9.78. The molecule has 0 radical (unpaired) electrons. The topological polar surface area (TPSA) is 12.4 Å². The Balaban J connectivity index is 2.48. The first-order valence-corrected chi connectivity index (χ1v) is 9.86. The number of nitrogens with zero attached hydrogens (tertiary/aromatic N) is 1. The summed E-state index contributed by atoms with van der Waals surface area (Å²) in [5, 5.41) is 0. The third-order valence-corrected chi connectivity index (χ3v) is 4.82. The van der Waals surface area contributed by atoms with Gasteiger partial charge in [-0.1, -0.05) is 87.7 Å². The zero-order valence-corrected chi connectivity index (χ0v) is 16.9. The van der Waals surface area contributed by atoms with Gasteiger partial charge in [0, 0.05) is 11.6 Å². The first-order valence-electron chi connectivity index (χ1n) is 9.86. The second-order valence-corrected chi connectivity index (χ2v) is 7.60. The molecule has 1 heteroatoms. The van der Waals surface area contributed by atoms with Gasteiger partial charge in [-0.15, -0.1) is 6.58 Å². The van der Waals surface area contributed by atoms with E-state index in [-0.39, 0.29) is 5.41 Å². The van der Waals surface area contributed by atoms with Crippen LogP contribution < -0.4 is 0 Å². The maximum atomic E-state index is 5.08. The molecule has 0 amide bonds.